The number of carbonyl (C=O) groups is 2. The number of nitrogens with zero attached hydrogens (tertiary/aromatic N) is 4. The number of thiazole rings is 1. The Hall–Kier alpha value is -3.20. The molecule has 0 bridgehead atoms. The van der Waals surface area contributed by atoms with Gasteiger partial charge in [0, 0.05) is 23.8 Å². The van der Waals surface area contributed by atoms with E-state index in [4.69, 9.17) is 11.6 Å². The minimum atomic E-state index is -0.706. The summed E-state index contributed by atoms with van der Waals surface area (Å²) in [7, 11) is 3.82. The minimum Gasteiger partial charge on any atom is -0.503 e. The van der Waals surface area contributed by atoms with Crippen molar-refractivity contribution in [1.82, 2.24) is 19.2 Å². The topological polar surface area (TPSA) is 78.2 Å². The smallest absolute Gasteiger partial charge is 0.290 e. The van der Waals surface area contributed by atoms with E-state index in [1.807, 2.05) is 54.6 Å². The average molecular weight is 495 g/mol. The maximum absolute atomic E-state index is 13.9. The zero-order valence-electron chi connectivity index (χ0n) is 18.9. The van der Waals surface area contributed by atoms with Crippen LogP contribution < -0.4 is 0 Å². The van der Waals surface area contributed by atoms with Crippen molar-refractivity contribution >= 4 is 50.6 Å². The van der Waals surface area contributed by atoms with Crippen LogP contribution in [0.25, 0.3) is 16.0 Å². The number of fused-ring (bicyclic) bond motifs is 3. The van der Waals surface area contributed by atoms with Crippen LogP contribution in [0.4, 0.5) is 0 Å². The van der Waals surface area contributed by atoms with Gasteiger partial charge in [0.1, 0.15) is 0 Å². The molecule has 34 heavy (non-hydrogen) atoms. The van der Waals surface area contributed by atoms with Gasteiger partial charge in [-0.15, -0.1) is 0 Å². The number of Topliss-reactive ketones (excluding diaryl/α,β-unsaturated/α-hetero) is 1. The number of rotatable bonds is 6. The molecule has 174 valence electrons. The van der Waals surface area contributed by atoms with E-state index in [0.717, 1.165) is 16.7 Å². The minimum absolute atomic E-state index is 0.0861. The van der Waals surface area contributed by atoms with Gasteiger partial charge in [-0.1, -0.05) is 47.2 Å². The van der Waals surface area contributed by atoms with Crippen LogP contribution in [0.2, 0.25) is 5.02 Å². The molecule has 0 saturated heterocycles. The molecule has 4 aromatic rings. The number of aliphatic hydroxyl groups is 1. The van der Waals surface area contributed by atoms with Crippen LogP contribution in [-0.2, 0) is 4.79 Å². The van der Waals surface area contributed by atoms with Gasteiger partial charge in [-0.3, -0.25) is 14.0 Å². The number of halogens is 1. The van der Waals surface area contributed by atoms with E-state index in [-0.39, 0.29) is 11.4 Å². The Kier molecular flexibility index (Phi) is 5.67. The lowest BCUT2D eigenvalue weighted by atomic mass is 9.95. The van der Waals surface area contributed by atoms with Gasteiger partial charge in [-0.2, -0.15) is 0 Å². The number of ketones is 1. The van der Waals surface area contributed by atoms with E-state index in [9.17, 15) is 14.7 Å². The highest BCUT2D eigenvalue weighted by Gasteiger charge is 2.44. The van der Waals surface area contributed by atoms with Gasteiger partial charge in [0.25, 0.3) is 5.91 Å². The number of hydrogen-bond donors (Lipinski definition) is 1. The number of aromatic nitrogens is 2. The normalized spacial score (nSPS) is 16.6. The Morgan fingerprint density at radius 2 is 1.88 bits per heavy atom. The van der Waals surface area contributed by atoms with Gasteiger partial charge in [0.05, 0.1) is 27.5 Å². The second-order valence-corrected chi connectivity index (χ2v) is 10.00. The molecule has 5 rings (SSSR count). The Bertz CT molecular complexity index is 1470. The van der Waals surface area contributed by atoms with Crippen molar-refractivity contribution in [3.05, 3.63) is 81.0 Å². The Balaban J connectivity index is 1.62. The van der Waals surface area contributed by atoms with Crippen molar-refractivity contribution in [3.8, 4) is 0 Å². The van der Waals surface area contributed by atoms with E-state index in [1.54, 1.807) is 29.2 Å². The molecule has 3 heterocycles. The highest BCUT2D eigenvalue weighted by molar-refractivity contribution is 7.19. The number of carbonyl (C=O) groups excluding carboxylic acids is 2. The fourth-order valence-corrected chi connectivity index (χ4v) is 5.63. The molecule has 0 saturated carbocycles. The summed E-state index contributed by atoms with van der Waals surface area (Å²) in [5, 5.41) is 11.5. The summed E-state index contributed by atoms with van der Waals surface area (Å²) >= 11 is 7.35. The van der Waals surface area contributed by atoms with Gasteiger partial charge in [0.15, 0.2) is 10.7 Å². The summed E-state index contributed by atoms with van der Waals surface area (Å²) in [5.74, 6) is -1.41. The molecule has 0 aliphatic carbocycles. The first-order chi connectivity index (χ1) is 16.3. The summed E-state index contributed by atoms with van der Waals surface area (Å²) in [6, 6.07) is 14.1. The summed E-state index contributed by atoms with van der Waals surface area (Å²) in [5.41, 5.74) is 3.29. The van der Waals surface area contributed by atoms with Crippen LogP contribution >= 0.6 is 22.9 Å². The van der Waals surface area contributed by atoms with E-state index in [0.29, 0.717) is 33.5 Å². The zero-order chi connectivity index (χ0) is 24.1. The first kappa shape index (κ1) is 22.6. The van der Waals surface area contributed by atoms with Gasteiger partial charge < -0.3 is 14.9 Å². The maximum atomic E-state index is 13.9. The lowest BCUT2D eigenvalue weighted by Gasteiger charge is -2.28. The van der Waals surface area contributed by atoms with Crippen LogP contribution in [0.15, 0.2) is 59.9 Å². The largest absolute Gasteiger partial charge is 0.503 e. The fourth-order valence-electron chi connectivity index (χ4n) is 4.41. The molecule has 1 aliphatic rings. The molecule has 1 atom stereocenters. The monoisotopic (exact) mass is 494 g/mol. The molecular weight excluding hydrogens is 472 g/mol. The molecule has 1 N–H and O–H groups in total. The van der Waals surface area contributed by atoms with E-state index in [2.05, 4.69) is 4.98 Å². The Morgan fingerprint density at radius 1 is 1.18 bits per heavy atom. The predicted molar refractivity (Wildman–Crippen MR) is 134 cm³/mol. The number of amides is 1. The molecule has 9 heteroatoms. The standard InChI is InChI=1S/C25H23ClN4O3S/c1-14-23(34-25-27-17-6-4-5-7-18(17)30(14)25)21(31)19-20(15-8-10-16(26)11-9-15)29(13-12-28(2)3)24(33)22(19)32/h4-11,20,32H,12-13H2,1-3H3. The van der Waals surface area contributed by atoms with Crippen molar-refractivity contribution in [2.45, 2.75) is 13.0 Å². The van der Waals surface area contributed by atoms with Crippen molar-refractivity contribution in [2.24, 2.45) is 0 Å². The molecule has 1 amide bonds. The number of likely N-dealkylation sites (N-methyl/N-ethyl adjacent to an activating group) is 1. The summed E-state index contributed by atoms with van der Waals surface area (Å²) in [6.45, 7) is 2.81. The van der Waals surface area contributed by atoms with Crippen LogP contribution in [0, 0.1) is 6.92 Å². The number of hydrogen-bond acceptors (Lipinski definition) is 6. The Morgan fingerprint density at radius 3 is 2.59 bits per heavy atom. The van der Waals surface area contributed by atoms with Crippen LogP contribution in [-0.4, -0.2) is 63.2 Å². The Labute approximate surface area is 205 Å². The third-order valence-electron chi connectivity index (χ3n) is 6.12. The molecule has 0 spiro atoms. The highest BCUT2D eigenvalue weighted by Crippen LogP contribution is 2.41. The lowest BCUT2D eigenvalue weighted by Crippen LogP contribution is -2.36. The number of para-hydroxylation sites is 2. The van der Waals surface area contributed by atoms with Crippen LogP contribution in [0.1, 0.15) is 27.0 Å². The highest BCUT2D eigenvalue weighted by atomic mass is 35.5. The molecular formula is C25H23ClN4O3S. The SMILES string of the molecule is Cc1c(C(=O)C2=C(O)C(=O)N(CCN(C)C)C2c2ccc(Cl)cc2)sc2nc3ccccc3n12. The number of imidazole rings is 1. The first-order valence-corrected chi connectivity index (χ1v) is 12.0. The van der Waals surface area contributed by atoms with E-state index in [1.165, 1.54) is 11.3 Å². The third-order valence-corrected chi connectivity index (χ3v) is 7.51. The number of aryl methyl sites for hydroxylation is 1. The molecule has 1 aliphatic heterocycles. The quantitative estimate of drug-likeness (QED) is 0.395. The second-order valence-electron chi connectivity index (χ2n) is 8.58. The zero-order valence-corrected chi connectivity index (χ0v) is 20.5. The van der Waals surface area contributed by atoms with Crippen molar-refractivity contribution in [2.75, 3.05) is 27.2 Å². The van der Waals surface area contributed by atoms with Crippen molar-refractivity contribution in [1.29, 1.82) is 0 Å². The van der Waals surface area contributed by atoms with Crippen LogP contribution in [0.5, 0.6) is 0 Å². The lowest BCUT2D eigenvalue weighted by molar-refractivity contribution is -0.129. The number of benzene rings is 2. The summed E-state index contributed by atoms with van der Waals surface area (Å²) in [6.07, 6.45) is 0. The van der Waals surface area contributed by atoms with Gasteiger partial charge in [-0.25, -0.2) is 4.98 Å². The molecule has 0 radical (unpaired) electrons. The van der Waals surface area contributed by atoms with Crippen molar-refractivity contribution in [3.63, 3.8) is 0 Å². The third kappa shape index (κ3) is 3.58. The molecule has 2 aromatic carbocycles. The summed E-state index contributed by atoms with van der Waals surface area (Å²) in [4.78, 5) is 36.3. The number of aliphatic hydroxyl groups excluding tert-OH is 1. The predicted octanol–water partition coefficient (Wildman–Crippen LogP) is 4.65. The second kappa shape index (κ2) is 8.54. The molecule has 2 aromatic heterocycles. The van der Waals surface area contributed by atoms with Gasteiger partial charge in [0.2, 0.25) is 5.78 Å². The summed E-state index contributed by atoms with van der Waals surface area (Å²) < 4.78 is 1.95. The molecule has 0 fully saturated rings. The van der Waals surface area contributed by atoms with Gasteiger partial charge >= 0.3 is 0 Å². The van der Waals surface area contributed by atoms with Crippen molar-refractivity contribution < 1.29 is 14.7 Å². The molecule has 7 nitrogen and oxygen atoms in total. The maximum Gasteiger partial charge on any atom is 0.290 e. The van der Waals surface area contributed by atoms with Crippen LogP contribution in [0.3, 0.4) is 0 Å². The van der Waals surface area contributed by atoms with Gasteiger partial charge in [-0.05, 0) is 50.8 Å². The fraction of sp³-hybridized carbons (Fsp3) is 0.240. The molecule has 1 unspecified atom stereocenters. The van der Waals surface area contributed by atoms with E-state index >= 15 is 0 Å². The first-order valence-electron chi connectivity index (χ1n) is 10.8. The van der Waals surface area contributed by atoms with E-state index < -0.39 is 17.7 Å². The average Bonchev–Trinajstić information content (AvgIpc) is 3.42.